The number of ether oxygens (including phenoxy) is 1. The zero-order valence-electron chi connectivity index (χ0n) is 32.7. The first kappa shape index (κ1) is 40.2. The molecule has 15 nitrogen and oxygen atoms in total. The number of benzene rings is 1. The number of nitrogens with one attached hydrogen (secondary N) is 2. The predicted octanol–water partition coefficient (Wildman–Crippen LogP) is 3.97. The van der Waals surface area contributed by atoms with Gasteiger partial charge in [0.25, 0.3) is 11.5 Å². The highest BCUT2D eigenvalue weighted by Crippen LogP contribution is 2.46. The molecule has 300 valence electrons. The van der Waals surface area contributed by atoms with Gasteiger partial charge in [0.15, 0.2) is 0 Å². The molecule has 0 unspecified atom stereocenters. The van der Waals surface area contributed by atoms with E-state index in [1.807, 2.05) is 39.8 Å². The Balaban J connectivity index is 1.42. The molecule has 0 spiro atoms. The summed E-state index contributed by atoms with van der Waals surface area (Å²) in [7, 11) is -3.94. The fourth-order valence-corrected chi connectivity index (χ4v) is 9.60. The lowest BCUT2D eigenvalue weighted by Crippen LogP contribution is -2.62. The van der Waals surface area contributed by atoms with Crippen LogP contribution in [0.4, 0.5) is 4.79 Å². The minimum Gasteiger partial charge on any atom is -0.471 e. The van der Waals surface area contributed by atoms with Crippen LogP contribution in [0.3, 0.4) is 0 Å². The molecule has 4 amide bonds. The first-order valence-electron chi connectivity index (χ1n) is 19.3. The van der Waals surface area contributed by atoms with Crippen LogP contribution in [-0.2, 0) is 24.4 Å². The fraction of sp³-hybridized carbons (Fsp3) is 0.641. The SMILES string of the molecule is CC(C)n1nc(O[C@@H]2C[C@H]3C(=O)N[C@]4(C(=O)NS(=O)(=O)C5CC5)C[C@H]4/C=C\CC[C@H](C)C[C@@H](C)[C@H](N(C(=O)O)C(C)(C)C)C(=O)N3C2)c2ccccc2c1=O. The summed E-state index contributed by atoms with van der Waals surface area (Å²) in [5.41, 5.74) is -2.86. The predicted molar refractivity (Wildman–Crippen MR) is 205 cm³/mol. The summed E-state index contributed by atoms with van der Waals surface area (Å²) in [5, 5.41) is 18.2. The van der Waals surface area contributed by atoms with Crippen molar-refractivity contribution in [3.8, 4) is 5.88 Å². The Hall–Kier alpha value is -4.47. The Kier molecular flexibility index (Phi) is 10.9. The lowest BCUT2D eigenvalue weighted by atomic mass is 9.85. The molecule has 4 aliphatic rings. The van der Waals surface area contributed by atoms with E-state index in [2.05, 4.69) is 15.1 Å². The number of hydrogen-bond donors (Lipinski definition) is 3. The van der Waals surface area contributed by atoms with Gasteiger partial charge in [0.05, 0.1) is 28.6 Å². The molecule has 16 heteroatoms. The van der Waals surface area contributed by atoms with Crippen molar-refractivity contribution in [2.45, 2.75) is 134 Å². The van der Waals surface area contributed by atoms with Crippen molar-refractivity contribution in [1.29, 1.82) is 0 Å². The number of carboxylic acid groups (broad SMARTS) is 1. The second-order valence-electron chi connectivity index (χ2n) is 17.2. The van der Waals surface area contributed by atoms with E-state index in [1.54, 1.807) is 45.0 Å². The highest BCUT2D eigenvalue weighted by atomic mass is 32.2. The van der Waals surface area contributed by atoms with E-state index in [-0.39, 0.29) is 42.8 Å². The molecule has 7 atom stereocenters. The third-order valence-corrected chi connectivity index (χ3v) is 13.2. The molecule has 0 bridgehead atoms. The third kappa shape index (κ3) is 8.10. The van der Waals surface area contributed by atoms with Crippen LogP contribution in [0.15, 0.2) is 41.2 Å². The van der Waals surface area contributed by atoms with Crippen molar-refractivity contribution in [1.82, 2.24) is 29.6 Å². The molecule has 3 heterocycles. The number of carbonyl (C=O) groups excluding carboxylic acids is 3. The van der Waals surface area contributed by atoms with E-state index in [9.17, 15) is 32.7 Å². The Morgan fingerprint density at radius 2 is 1.75 bits per heavy atom. The van der Waals surface area contributed by atoms with E-state index >= 15 is 4.79 Å². The summed E-state index contributed by atoms with van der Waals surface area (Å²) in [5.74, 6) is -2.80. The molecule has 2 aromatic rings. The summed E-state index contributed by atoms with van der Waals surface area (Å²) in [6.07, 6.45) is 4.57. The molecular formula is C39H54N6O9S. The van der Waals surface area contributed by atoms with Crippen molar-refractivity contribution in [3.05, 3.63) is 46.8 Å². The van der Waals surface area contributed by atoms with Crippen LogP contribution in [0.25, 0.3) is 10.8 Å². The summed E-state index contributed by atoms with van der Waals surface area (Å²) < 4.78 is 35.8. The number of nitrogens with zero attached hydrogens (tertiary/aromatic N) is 4. The Morgan fingerprint density at radius 1 is 1.07 bits per heavy atom. The number of fused-ring (bicyclic) bond motifs is 3. The van der Waals surface area contributed by atoms with Crippen molar-refractivity contribution >= 4 is 44.6 Å². The van der Waals surface area contributed by atoms with Crippen molar-refractivity contribution in [2.75, 3.05) is 6.54 Å². The molecule has 2 saturated carbocycles. The zero-order valence-corrected chi connectivity index (χ0v) is 33.5. The maximum absolute atomic E-state index is 15.0. The number of allylic oxidation sites excluding steroid dienone is 1. The normalized spacial score (nSPS) is 29.7. The second-order valence-corrected chi connectivity index (χ2v) is 19.2. The lowest BCUT2D eigenvalue weighted by molar-refractivity contribution is -0.146. The van der Waals surface area contributed by atoms with Gasteiger partial charge >= 0.3 is 6.09 Å². The van der Waals surface area contributed by atoms with Crippen LogP contribution in [0.2, 0.25) is 0 Å². The quantitative estimate of drug-likeness (QED) is 0.346. The molecule has 2 aliphatic heterocycles. The molecule has 2 aliphatic carbocycles. The number of aromatic nitrogens is 2. The topological polar surface area (TPSA) is 197 Å². The van der Waals surface area contributed by atoms with Gasteiger partial charge in [-0.15, -0.1) is 5.10 Å². The number of sulfonamides is 1. The summed E-state index contributed by atoms with van der Waals surface area (Å²) >= 11 is 0. The maximum atomic E-state index is 15.0. The van der Waals surface area contributed by atoms with Crippen molar-refractivity contribution < 1.29 is 37.4 Å². The van der Waals surface area contributed by atoms with Crippen LogP contribution >= 0.6 is 0 Å². The van der Waals surface area contributed by atoms with Gasteiger partial charge in [0.2, 0.25) is 27.7 Å². The van der Waals surface area contributed by atoms with E-state index in [0.29, 0.717) is 36.5 Å². The largest absolute Gasteiger partial charge is 0.471 e. The van der Waals surface area contributed by atoms with Gasteiger partial charge in [0.1, 0.15) is 23.7 Å². The molecule has 1 saturated heterocycles. The number of hydrogen-bond acceptors (Lipinski definition) is 9. The van der Waals surface area contributed by atoms with Gasteiger partial charge in [-0.2, -0.15) is 0 Å². The summed E-state index contributed by atoms with van der Waals surface area (Å²) in [4.78, 5) is 72.2. The highest BCUT2D eigenvalue weighted by molar-refractivity contribution is 7.91. The number of rotatable bonds is 7. The first-order chi connectivity index (χ1) is 25.7. The van der Waals surface area contributed by atoms with Crippen LogP contribution in [0.1, 0.15) is 99.5 Å². The van der Waals surface area contributed by atoms with E-state index in [0.717, 1.165) is 11.3 Å². The number of carbonyl (C=O) groups is 4. The van der Waals surface area contributed by atoms with Crippen LogP contribution in [0.5, 0.6) is 5.88 Å². The molecule has 55 heavy (non-hydrogen) atoms. The molecule has 0 radical (unpaired) electrons. The first-order valence-corrected chi connectivity index (χ1v) is 20.9. The smallest absolute Gasteiger partial charge is 0.408 e. The Bertz CT molecular complexity index is 2060. The molecule has 1 aromatic heterocycles. The van der Waals surface area contributed by atoms with Crippen LogP contribution in [-0.4, -0.2) is 98.0 Å². The molecule has 6 rings (SSSR count). The zero-order chi connectivity index (χ0) is 40.2. The van der Waals surface area contributed by atoms with E-state index < -0.39 is 80.2 Å². The van der Waals surface area contributed by atoms with Gasteiger partial charge in [-0.05, 0) is 97.1 Å². The maximum Gasteiger partial charge on any atom is 0.408 e. The second kappa shape index (κ2) is 14.9. The monoisotopic (exact) mass is 782 g/mol. The number of amides is 4. The van der Waals surface area contributed by atoms with E-state index in [1.165, 1.54) is 9.58 Å². The summed E-state index contributed by atoms with van der Waals surface area (Å²) in [6, 6.07) is 4.17. The van der Waals surface area contributed by atoms with Crippen molar-refractivity contribution in [3.63, 3.8) is 0 Å². The van der Waals surface area contributed by atoms with Crippen LogP contribution < -0.4 is 20.3 Å². The van der Waals surface area contributed by atoms with Crippen molar-refractivity contribution in [2.24, 2.45) is 17.8 Å². The Labute approximate surface area is 321 Å². The molecule has 1 aromatic carbocycles. The van der Waals surface area contributed by atoms with Gasteiger partial charge in [0, 0.05) is 17.9 Å². The molecule has 3 fully saturated rings. The van der Waals surface area contributed by atoms with Gasteiger partial charge in [-0.25, -0.2) is 17.9 Å². The lowest BCUT2D eigenvalue weighted by Gasteiger charge is -2.43. The van der Waals surface area contributed by atoms with Gasteiger partial charge < -0.3 is 20.1 Å². The average Bonchev–Trinajstić information content (AvgIpc) is 4.02. The standard InChI is InChI=1S/C39H54N6O9S/c1-22(2)45-34(47)29-15-11-10-14-28(29)33(41-45)54-26-19-30-32(46)40-39(36(49)42-55(52,53)27-16-17-27)20-25(39)13-9-8-12-23(3)18-24(4)31(35(48)43(30)21-26)44(37(50)51)38(5,6)7/h9-11,13-15,22-27,30-31H,8,12,16-21H2,1-7H3,(H,40,46)(H,42,49)(H,50,51)/b13-9-/t23-,24+,25+,26+,30-,31-,39+/m0/s1. The van der Waals surface area contributed by atoms with E-state index in [4.69, 9.17) is 4.74 Å². The van der Waals surface area contributed by atoms with Gasteiger partial charge in [-0.1, -0.05) is 38.1 Å². The van der Waals surface area contributed by atoms with Crippen LogP contribution in [0, 0.1) is 17.8 Å². The summed E-state index contributed by atoms with van der Waals surface area (Å²) in [6.45, 7) is 12.6. The molecular weight excluding hydrogens is 729 g/mol. The Morgan fingerprint density at radius 3 is 2.36 bits per heavy atom. The average molecular weight is 783 g/mol. The highest BCUT2D eigenvalue weighted by Gasteiger charge is 2.62. The minimum absolute atomic E-state index is 0.0486. The third-order valence-electron chi connectivity index (χ3n) is 11.3. The molecule has 3 N–H and O–H groups in total. The fourth-order valence-electron chi connectivity index (χ4n) is 8.24. The van der Waals surface area contributed by atoms with Gasteiger partial charge in [-0.3, -0.25) is 28.8 Å². The minimum atomic E-state index is -3.94.